The second-order valence-electron chi connectivity index (χ2n) is 5.28. The van der Waals surface area contributed by atoms with Crippen LogP contribution in [0.5, 0.6) is 0 Å². The SMILES string of the molecule is S=P(OC1CCCCC1)(SS)C1CCCCC1. The van der Waals surface area contributed by atoms with Crippen molar-refractivity contribution in [3.63, 3.8) is 0 Å². The van der Waals surface area contributed by atoms with Gasteiger partial charge in [0, 0.05) is 5.66 Å². The maximum atomic E-state index is 6.38. The molecule has 2 aliphatic rings. The molecule has 0 aliphatic heterocycles. The van der Waals surface area contributed by atoms with Crippen LogP contribution in [0.25, 0.3) is 0 Å². The van der Waals surface area contributed by atoms with Gasteiger partial charge in [-0.2, -0.15) is 0 Å². The molecule has 0 aromatic carbocycles. The van der Waals surface area contributed by atoms with Gasteiger partial charge in [-0.25, -0.2) is 0 Å². The van der Waals surface area contributed by atoms with Crippen molar-refractivity contribution >= 4 is 39.3 Å². The van der Waals surface area contributed by atoms with Gasteiger partial charge in [0.15, 0.2) is 0 Å². The highest BCUT2D eigenvalue weighted by atomic mass is 33.4. The molecule has 2 fully saturated rings. The molecule has 0 N–H and O–H groups in total. The molecule has 0 bridgehead atoms. The summed E-state index contributed by atoms with van der Waals surface area (Å²) in [4.78, 5) is 0. The average Bonchev–Trinajstić information content (AvgIpc) is 2.41. The highest BCUT2D eigenvalue weighted by molar-refractivity contribution is 8.99. The van der Waals surface area contributed by atoms with E-state index in [4.69, 9.17) is 16.3 Å². The zero-order chi connectivity index (χ0) is 12.1. The van der Waals surface area contributed by atoms with Crippen molar-refractivity contribution in [3.05, 3.63) is 0 Å². The summed E-state index contributed by atoms with van der Waals surface area (Å²) >= 11 is 10.3. The molecule has 2 aliphatic carbocycles. The smallest absolute Gasteiger partial charge is 0.132 e. The monoisotopic (exact) mass is 310 g/mol. The van der Waals surface area contributed by atoms with Crippen molar-refractivity contribution in [1.29, 1.82) is 0 Å². The Hall–Kier alpha value is 1.31. The van der Waals surface area contributed by atoms with Gasteiger partial charge < -0.3 is 4.52 Å². The first kappa shape index (κ1) is 14.7. The molecular formula is C12H23OPS3. The maximum absolute atomic E-state index is 6.38. The summed E-state index contributed by atoms with van der Waals surface area (Å²) in [6, 6.07) is 0. The van der Waals surface area contributed by atoms with Gasteiger partial charge in [-0.3, -0.25) is 0 Å². The first-order valence-electron chi connectivity index (χ1n) is 6.86. The van der Waals surface area contributed by atoms with Crippen LogP contribution in [-0.2, 0) is 16.3 Å². The van der Waals surface area contributed by atoms with Gasteiger partial charge in [0.25, 0.3) is 0 Å². The molecule has 2 rings (SSSR count). The minimum Gasteiger partial charge on any atom is -0.337 e. The standard InChI is InChI=1S/C12H23OPS3/c15-14(17-16,12-9-5-2-6-10-12)13-11-7-3-1-4-8-11/h11-12,16H,1-10H2. The summed E-state index contributed by atoms with van der Waals surface area (Å²) in [7, 11) is 1.57. The van der Waals surface area contributed by atoms with Crippen LogP contribution in [0.15, 0.2) is 0 Å². The minimum absolute atomic E-state index is 0.441. The Bertz CT molecular complexity index is 273. The molecule has 0 amide bonds. The highest BCUT2D eigenvalue weighted by Gasteiger charge is 2.33. The van der Waals surface area contributed by atoms with Crippen molar-refractivity contribution in [1.82, 2.24) is 0 Å². The minimum atomic E-state index is -1.73. The number of hydrogen-bond acceptors (Lipinski definition) is 4. The number of hydrogen-bond donors (Lipinski definition) is 1. The highest BCUT2D eigenvalue weighted by Crippen LogP contribution is 2.69. The summed E-state index contributed by atoms with van der Waals surface area (Å²) in [6.45, 7) is 0. The van der Waals surface area contributed by atoms with Crippen LogP contribution in [0.1, 0.15) is 64.2 Å². The topological polar surface area (TPSA) is 9.23 Å². The predicted molar refractivity (Wildman–Crippen MR) is 85.7 cm³/mol. The summed E-state index contributed by atoms with van der Waals surface area (Å²) in [5.41, 5.74) is -1.10. The van der Waals surface area contributed by atoms with Gasteiger partial charge >= 0.3 is 0 Å². The van der Waals surface area contributed by atoms with Crippen LogP contribution in [0.2, 0.25) is 0 Å². The van der Waals surface area contributed by atoms with Crippen LogP contribution < -0.4 is 0 Å². The van der Waals surface area contributed by atoms with Crippen molar-refractivity contribution in [3.8, 4) is 0 Å². The summed E-state index contributed by atoms with van der Waals surface area (Å²) in [6.07, 6.45) is 13.5. The van der Waals surface area contributed by atoms with Gasteiger partial charge in [-0.05, 0) is 36.1 Å². The molecular weight excluding hydrogens is 287 g/mol. The van der Waals surface area contributed by atoms with Crippen LogP contribution in [0.3, 0.4) is 0 Å². The quantitative estimate of drug-likeness (QED) is 0.414. The first-order valence-corrected chi connectivity index (χ1v) is 12.1. The van der Waals surface area contributed by atoms with E-state index in [1.807, 2.05) is 0 Å². The fourth-order valence-electron chi connectivity index (χ4n) is 2.95. The number of thiol groups is 1. The fraction of sp³-hybridized carbons (Fsp3) is 1.00. The summed E-state index contributed by atoms with van der Waals surface area (Å²) < 4.78 is 6.38. The Kier molecular flexibility index (Phi) is 6.22. The summed E-state index contributed by atoms with van der Waals surface area (Å²) in [5, 5.41) is 0. The van der Waals surface area contributed by atoms with E-state index in [1.165, 1.54) is 64.2 Å². The fourth-order valence-corrected chi connectivity index (χ4v) is 8.97. The van der Waals surface area contributed by atoms with E-state index in [-0.39, 0.29) is 0 Å². The second kappa shape index (κ2) is 7.19. The Morgan fingerprint density at radius 3 is 2.00 bits per heavy atom. The molecule has 0 spiro atoms. The van der Waals surface area contributed by atoms with Crippen LogP contribution in [0.4, 0.5) is 0 Å². The molecule has 17 heavy (non-hydrogen) atoms. The van der Waals surface area contributed by atoms with Crippen LogP contribution in [-0.4, -0.2) is 11.8 Å². The molecule has 0 heterocycles. The predicted octanol–water partition coefficient (Wildman–Crippen LogP) is 5.56. The summed E-state index contributed by atoms with van der Waals surface area (Å²) in [5.74, 6) is 0. The lowest BCUT2D eigenvalue weighted by Crippen LogP contribution is -2.19. The Balaban J connectivity index is 1.94. The van der Waals surface area contributed by atoms with Gasteiger partial charge in [-0.1, -0.05) is 50.3 Å². The largest absolute Gasteiger partial charge is 0.337 e. The Morgan fingerprint density at radius 2 is 1.47 bits per heavy atom. The molecule has 0 aromatic heterocycles. The van der Waals surface area contributed by atoms with E-state index >= 15 is 0 Å². The van der Waals surface area contributed by atoms with E-state index in [0.29, 0.717) is 11.8 Å². The lowest BCUT2D eigenvalue weighted by Gasteiger charge is -2.35. The molecule has 1 atom stereocenters. The van der Waals surface area contributed by atoms with Crippen LogP contribution >= 0.6 is 27.5 Å². The van der Waals surface area contributed by atoms with Crippen LogP contribution in [0, 0.1) is 0 Å². The third-order valence-electron chi connectivity index (χ3n) is 3.98. The zero-order valence-corrected chi connectivity index (χ0v) is 13.8. The van der Waals surface area contributed by atoms with Crippen molar-refractivity contribution in [2.75, 3.05) is 0 Å². The molecule has 0 aromatic rings. The van der Waals surface area contributed by atoms with Crippen molar-refractivity contribution < 1.29 is 4.52 Å². The third kappa shape index (κ3) is 4.14. The van der Waals surface area contributed by atoms with E-state index < -0.39 is 5.47 Å². The molecule has 1 unspecified atom stereocenters. The molecule has 0 saturated heterocycles. The van der Waals surface area contributed by atoms with Gasteiger partial charge in [-0.15, -0.1) is 11.7 Å². The van der Waals surface area contributed by atoms with Crippen molar-refractivity contribution in [2.45, 2.75) is 76.0 Å². The number of rotatable bonds is 4. The Labute approximate surface area is 119 Å². The molecule has 0 radical (unpaired) electrons. The van der Waals surface area contributed by atoms with Crippen molar-refractivity contribution in [2.24, 2.45) is 0 Å². The van der Waals surface area contributed by atoms with E-state index in [9.17, 15) is 0 Å². The molecule has 1 nitrogen and oxygen atoms in total. The molecule has 100 valence electrons. The lowest BCUT2D eigenvalue weighted by atomic mass is 9.98. The van der Waals surface area contributed by atoms with Gasteiger partial charge in [0.2, 0.25) is 0 Å². The normalized spacial score (nSPS) is 27.8. The average molecular weight is 310 g/mol. The maximum Gasteiger partial charge on any atom is 0.132 e. The first-order chi connectivity index (χ1) is 8.24. The van der Waals surface area contributed by atoms with E-state index in [0.717, 1.165) is 0 Å². The Morgan fingerprint density at radius 1 is 0.941 bits per heavy atom. The molecule has 5 heteroatoms. The molecule has 2 saturated carbocycles. The van der Waals surface area contributed by atoms with E-state index in [2.05, 4.69) is 11.7 Å². The lowest BCUT2D eigenvalue weighted by molar-refractivity contribution is 0.173. The van der Waals surface area contributed by atoms with Gasteiger partial charge in [0.1, 0.15) is 5.47 Å². The second-order valence-corrected chi connectivity index (χ2v) is 13.4. The third-order valence-corrected chi connectivity index (χ3v) is 13.1. The zero-order valence-electron chi connectivity index (χ0n) is 10.3. The van der Waals surface area contributed by atoms with E-state index in [1.54, 1.807) is 10.4 Å². The van der Waals surface area contributed by atoms with Gasteiger partial charge in [0.05, 0.1) is 6.10 Å².